The second-order valence-corrected chi connectivity index (χ2v) is 3.83. The Hall–Kier alpha value is -1.84. The lowest BCUT2D eigenvalue weighted by atomic mass is 10.2. The van der Waals surface area contributed by atoms with Crippen LogP contribution >= 0.6 is 0 Å². The van der Waals surface area contributed by atoms with Crippen molar-refractivity contribution >= 4 is 22.8 Å². The summed E-state index contributed by atoms with van der Waals surface area (Å²) >= 11 is 0. The van der Waals surface area contributed by atoms with Crippen LogP contribution in [0.5, 0.6) is 0 Å². The van der Waals surface area contributed by atoms with Crippen molar-refractivity contribution in [1.29, 1.82) is 0 Å². The Morgan fingerprint density at radius 2 is 2.12 bits per heavy atom. The van der Waals surface area contributed by atoms with Crippen LogP contribution in [0, 0.1) is 0 Å². The number of benzene rings is 1. The summed E-state index contributed by atoms with van der Waals surface area (Å²) in [5.74, 6) is 0.851. The number of nitrogens with zero attached hydrogens (tertiary/aromatic N) is 2. The maximum atomic E-state index is 11.5. The normalized spacial score (nSPS) is 12.7. The predicted octanol–water partition coefficient (Wildman–Crippen LogP) is 2.23. The zero-order valence-corrected chi connectivity index (χ0v) is 9.69. The van der Waals surface area contributed by atoms with Crippen LogP contribution in [0.2, 0.25) is 0 Å². The monoisotopic (exact) mass is 217 g/mol. The van der Waals surface area contributed by atoms with Gasteiger partial charge in [-0.15, -0.1) is 0 Å². The minimum atomic E-state index is -0.199. The molecular formula is C12H15N3O. The number of anilines is 1. The number of imidazole rings is 1. The molecule has 1 aromatic heterocycles. The van der Waals surface area contributed by atoms with E-state index in [1.165, 1.54) is 0 Å². The molecule has 84 valence electrons. The number of fused-ring (bicyclic) bond motifs is 1. The number of Topliss-reactive ketones (excluding diaryl/α,β-unsaturated/α-hetero) is 1. The number of para-hydroxylation sites is 2. The molecule has 1 N–H and O–H groups in total. The predicted molar refractivity (Wildman–Crippen MR) is 64.7 cm³/mol. The third-order valence-electron chi connectivity index (χ3n) is 2.80. The first-order chi connectivity index (χ1) is 7.65. The number of rotatable bonds is 3. The van der Waals surface area contributed by atoms with E-state index in [-0.39, 0.29) is 11.8 Å². The first-order valence-corrected chi connectivity index (χ1v) is 5.30. The molecule has 2 rings (SSSR count). The van der Waals surface area contributed by atoms with Crippen LogP contribution in [0.25, 0.3) is 11.0 Å². The van der Waals surface area contributed by atoms with Crippen molar-refractivity contribution in [3.8, 4) is 0 Å². The Morgan fingerprint density at radius 1 is 1.44 bits per heavy atom. The Kier molecular flexibility index (Phi) is 2.64. The second-order valence-electron chi connectivity index (χ2n) is 3.83. The minimum absolute atomic E-state index is 0.125. The molecule has 1 unspecified atom stereocenters. The highest BCUT2D eigenvalue weighted by Crippen LogP contribution is 2.24. The summed E-state index contributed by atoms with van der Waals surface area (Å²) in [6.07, 6.45) is 0. The van der Waals surface area contributed by atoms with Crippen molar-refractivity contribution in [3.63, 3.8) is 0 Å². The highest BCUT2D eigenvalue weighted by Gasteiger charge is 2.17. The van der Waals surface area contributed by atoms with E-state index >= 15 is 0 Å². The van der Waals surface area contributed by atoms with E-state index in [1.807, 2.05) is 42.8 Å². The van der Waals surface area contributed by atoms with Gasteiger partial charge in [-0.3, -0.25) is 4.79 Å². The number of nitrogens with one attached hydrogen (secondary N) is 1. The van der Waals surface area contributed by atoms with Gasteiger partial charge in [-0.2, -0.15) is 0 Å². The summed E-state index contributed by atoms with van der Waals surface area (Å²) in [4.78, 5) is 15.9. The molecule has 0 saturated carbocycles. The minimum Gasteiger partial charge on any atom is -0.359 e. The van der Waals surface area contributed by atoms with Crippen LogP contribution in [0.3, 0.4) is 0 Å². The number of hydrogen-bond donors (Lipinski definition) is 1. The van der Waals surface area contributed by atoms with E-state index in [0.29, 0.717) is 0 Å². The number of carbonyl (C=O) groups is 1. The van der Waals surface area contributed by atoms with E-state index in [2.05, 4.69) is 10.3 Å². The first-order valence-electron chi connectivity index (χ1n) is 5.30. The standard InChI is InChI=1S/C12H15N3O/c1-8(9(2)16)15-11-7-5-4-6-10(11)14-12(15)13-3/h4-8H,1-3H3,(H,13,14). The topological polar surface area (TPSA) is 46.9 Å². The fourth-order valence-corrected chi connectivity index (χ4v) is 1.79. The van der Waals surface area contributed by atoms with Gasteiger partial charge in [-0.05, 0) is 26.0 Å². The molecule has 0 saturated heterocycles. The Balaban J connectivity index is 2.69. The van der Waals surface area contributed by atoms with E-state index in [0.717, 1.165) is 17.0 Å². The maximum absolute atomic E-state index is 11.5. The maximum Gasteiger partial charge on any atom is 0.204 e. The Morgan fingerprint density at radius 3 is 2.75 bits per heavy atom. The largest absolute Gasteiger partial charge is 0.359 e. The molecular weight excluding hydrogens is 202 g/mol. The summed E-state index contributed by atoms with van der Waals surface area (Å²) in [7, 11) is 1.81. The molecule has 1 atom stereocenters. The lowest BCUT2D eigenvalue weighted by Crippen LogP contribution is -2.15. The van der Waals surface area contributed by atoms with Crippen molar-refractivity contribution in [3.05, 3.63) is 24.3 Å². The zero-order valence-electron chi connectivity index (χ0n) is 9.69. The van der Waals surface area contributed by atoms with Crippen molar-refractivity contribution in [2.45, 2.75) is 19.9 Å². The third kappa shape index (κ3) is 1.56. The van der Waals surface area contributed by atoms with Crippen LogP contribution in [-0.4, -0.2) is 22.4 Å². The van der Waals surface area contributed by atoms with Gasteiger partial charge in [0.25, 0.3) is 0 Å². The fourth-order valence-electron chi connectivity index (χ4n) is 1.79. The van der Waals surface area contributed by atoms with Gasteiger partial charge in [0.2, 0.25) is 5.95 Å². The molecule has 4 heteroatoms. The number of aromatic nitrogens is 2. The van der Waals surface area contributed by atoms with Crippen molar-refractivity contribution in [1.82, 2.24) is 9.55 Å². The number of ketones is 1. The average molecular weight is 217 g/mol. The number of hydrogen-bond acceptors (Lipinski definition) is 3. The van der Waals surface area contributed by atoms with Crippen molar-refractivity contribution < 1.29 is 4.79 Å². The van der Waals surface area contributed by atoms with Gasteiger partial charge in [0.15, 0.2) is 5.78 Å². The lowest BCUT2D eigenvalue weighted by molar-refractivity contribution is -0.119. The van der Waals surface area contributed by atoms with E-state index in [9.17, 15) is 4.79 Å². The first kappa shape index (κ1) is 10.7. The molecule has 0 fully saturated rings. The molecule has 0 radical (unpaired) electrons. The second kappa shape index (κ2) is 3.96. The highest BCUT2D eigenvalue weighted by atomic mass is 16.1. The fraction of sp³-hybridized carbons (Fsp3) is 0.333. The van der Waals surface area contributed by atoms with E-state index < -0.39 is 0 Å². The molecule has 1 heterocycles. The lowest BCUT2D eigenvalue weighted by Gasteiger charge is -2.14. The van der Waals surface area contributed by atoms with Crippen LogP contribution in [0.15, 0.2) is 24.3 Å². The summed E-state index contributed by atoms with van der Waals surface area (Å²) in [5.41, 5.74) is 1.88. The Bertz CT molecular complexity index is 530. The van der Waals surface area contributed by atoms with Crippen LogP contribution in [0.4, 0.5) is 5.95 Å². The molecule has 1 aromatic carbocycles. The average Bonchev–Trinajstić information content (AvgIpc) is 2.66. The van der Waals surface area contributed by atoms with Crippen molar-refractivity contribution in [2.75, 3.05) is 12.4 Å². The summed E-state index contributed by atoms with van der Waals surface area (Å²) in [6, 6.07) is 7.61. The molecule has 16 heavy (non-hydrogen) atoms. The Labute approximate surface area is 94.3 Å². The van der Waals surface area contributed by atoms with Crippen molar-refractivity contribution in [2.24, 2.45) is 0 Å². The van der Waals surface area contributed by atoms with Gasteiger partial charge < -0.3 is 9.88 Å². The molecule has 0 amide bonds. The van der Waals surface area contributed by atoms with Gasteiger partial charge in [0.05, 0.1) is 17.1 Å². The quantitative estimate of drug-likeness (QED) is 0.857. The van der Waals surface area contributed by atoms with Gasteiger partial charge in [-0.25, -0.2) is 4.98 Å². The third-order valence-corrected chi connectivity index (χ3v) is 2.80. The molecule has 2 aromatic rings. The van der Waals surface area contributed by atoms with E-state index in [1.54, 1.807) is 6.92 Å². The molecule has 0 bridgehead atoms. The summed E-state index contributed by atoms with van der Waals surface area (Å²) < 4.78 is 1.93. The summed E-state index contributed by atoms with van der Waals surface area (Å²) in [6.45, 7) is 3.48. The smallest absolute Gasteiger partial charge is 0.204 e. The van der Waals surface area contributed by atoms with Gasteiger partial charge in [-0.1, -0.05) is 12.1 Å². The van der Waals surface area contributed by atoms with Gasteiger partial charge >= 0.3 is 0 Å². The molecule has 0 spiro atoms. The van der Waals surface area contributed by atoms with Crippen LogP contribution in [-0.2, 0) is 4.79 Å². The highest BCUT2D eigenvalue weighted by molar-refractivity contribution is 5.85. The summed E-state index contributed by atoms with van der Waals surface area (Å²) in [5, 5.41) is 3.02. The molecule has 0 aliphatic heterocycles. The van der Waals surface area contributed by atoms with Crippen LogP contribution in [0.1, 0.15) is 19.9 Å². The SMILES string of the molecule is CNc1nc2ccccc2n1C(C)C(C)=O. The number of carbonyl (C=O) groups excluding carboxylic acids is 1. The molecule has 0 aliphatic carbocycles. The van der Waals surface area contributed by atoms with Crippen LogP contribution < -0.4 is 5.32 Å². The molecule has 0 aliphatic rings. The van der Waals surface area contributed by atoms with Gasteiger partial charge in [0.1, 0.15) is 0 Å². The zero-order chi connectivity index (χ0) is 11.7. The van der Waals surface area contributed by atoms with Gasteiger partial charge in [0, 0.05) is 7.05 Å². The van der Waals surface area contributed by atoms with E-state index in [4.69, 9.17) is 0 Å². The molecule has 4 nitrogen and oxygen atoms in total.